The predicted octanol–water partition coefficient (Wildman–Crippen LogP) is 4.87. The largest absolute Gasteiger partial charge is 0.467 e. The summed E-state index contributed by atoms with van der Waals surface area (Å²) >= 11 is 0. The van der Waals surface area contributed by atoms with E-state index in [0.717, 1.165) is 33.8 Å². The summed E-state index contributed by atoms with van der Waals surface area (Å²) in [4.78, 5) is 12.4. The van der Waals surface area contributed by atoms with Crippen LogP contribution in [0.15, 0.2) is 83.5 Å². The minimum Gasteiger partial charge on any atom is -0.467 e. The van der Waals surface area contributed by atoms with E-state index >= 15 is 0 Å². The van der Waals surface area contributed by atoms with E-state index in [1.165, 1.54) is 0 Å². The van der Waals surface area contributed by atoms with Gasteiger partial charge in [0, 0.05) is 11.3 Å². The number of amides is 1. The van der Waals surface area contributed by atoms with Crippen molar-refractivity contribution >= 4 is 5.91 Å². The fourth-order valence-corrected chi connectivity index (χ4v) is 3.58. The third-order valence-electron chi connectivity index (χ3n) is 4.77. The number of nitrogens with zero attached hydrogens (tertiary/aromatic N) is 1. The van der Waals surface area contributed by atoms with Crippen LogP contribution in [0.2, 0.25) is 0 Å². The number of carbonyl (C=O) groups is 1. The molecule has 0 saturated carbocycles. The average Bonchev–Trinajstić information content (AvgIpc) is 3.30. The Hall–Kier alpha value is -3.53. The van der Waals surface area contributed by atoms with Crippen LogP contribution in [0.3, 0.4) is 0 Å². The molecule has 0 spiro atoms. The molecule has 0 aliphatic rings. The van der Waals surface area contributed by atoms with Gasteiger partial charge in [0.05, 0.1) is 24.1 Å². The van der Waals surface area contributed by atoms with Crippen LogP contribution in [0.4, 0.5) is 0 Å². The van der Waals surface area contributed by atoms with Gasteiger partial charge in [-0.25, -0.2) is 0 Å². The number of primary amides is 1. The normalized spacial score (nSPS) is 10.9. The highest BCUT2D eigenvalue weighted by molar-refractivity contribution is 6.05. The maximum Gasteiger partial charge on any atom is 0.251 e. The number of aromatic nitrogens is 1. The van der Waals surface area contributed by atoms with Crippen molar-refractivity contribution in [1.29, 1.82) is 0 Å². The maximum absolute atomic E-state index is 12.4. The van der Waals surface area contributed by atoms with Crippen molar-refractivity contribution in [2.75, 3.05) is 0 Å². The molecule has 0 fully saturated rings. The minimum atomic E-state index is -0.429. The lowest BCUT2D eigenvalue weighted by Gasteiger charge is -2.12. The van der Waals surface area contributed by atoms with E-state index in [0.29, 0.717) is 12.1 Å². The molecular weight excluding hydrogens is 336 g/mol. The molecule has 0 radical (unpaired) electrons. The van der Waals surface area contributed by atoms with E-state index in [1.807, 2.05) is 79.7 Å². The van der Waals surface area contributed by atoms with Crippen LogP contribution in [0.1, 0.15) is 21.8 Å². The molecule has 2 heterocycles. The zero-order valence-corrected chi connectivity index (χ0v) is 15.1. The molecule has 0 saturated heterocycles. The Kier molecular flexibility index (Phi) is 4.38. The fraction of sp³-hybridized carbons (Fsp3) is 0.0870. The third-order valence-corrected chi connectivity index (χ3v) is 4.77. The first-order valence-corrected chi connectivity index (χ1v) is 8.83. The SMILES string of the molecule is Cc1c(C(N)=O)c(-c2ccccc2)c(-c2ccccc2)n1Cc1ccco1. The van der Waals surface area contributed by atoms with E-state index in [1.54, 1.807) is 6.26 Å². The number of hydrogen-bond donors (Lipinski definition) is 1. The molecule has 4 rings (SSSR count). The monoisotopic (exact) mass is 356 g/mol. The lowest BCUT2D eigenvalue weighted by atomic mass is 9.96. The van der Waals surface area contributed by atoms with Gasteiger partial charge in [-0.1, -0.05) is 60.7 Å². The molecule has 0 aliphatic carbocycles. The molecule has 4 nitrogen and oxygen atoms in total. The molecule has 134 valence electrons. The van der Waals surface area contributed by atoms with Crippen LogP contribution < -0.4 is 5.73 Å². The highest BCUT2D eigenvalue weighted by Gasteiger charge is 2.26. The molecule has 2 N–H and O–H groups in total. The van der Waals surface area contributed by atoms with Gasteiger partial charge in [0.2, 0.25) is 0 Å². The quantitative estimate of drug-likeness (QED) is 0.554. The van der Waals surface area contributed by atoms with Crippen molar-refractivity contribution < 1.29 is 9.21 Å². The topological polar surface area (TPSA) is 61.2 Å². The van der Waals surface area contributed by atoms with Crippen LogP contribution >= 0.6 is 0 Å². The highest BCUT2D eigenvalue weighted by Crippen LogP contribution is 2.39. The summed E-state index contributed by atoms with van der Waals surface area (Å²) < 4.78 is 7.67. The number of furan rings is 1. The Bertz CT molecular complexity index is 1060. The summed E-state index contributed by atoms with van der Waals surface area (Å²) in [6.45, 7) is 2.46. The molecule has 0 atom stereocenters. The fourth-order valence-electron chi connectivity index (χ4n) is 3.58. The Labute approximate surface area is 157 Å². The Morgan fingerprint density at radius 2 is 1.56 bits per heavy atom. The molecule has 2 aromatic heterocycles. The molecule has 1 amide bonds. The van der Waals surface area contributed by atoms with Crippen molar-refractivity contribution in [1.82, 2.24) is 4.57 Å². The van der Waals surface area contributed by atoms with Gasteiger partial charge in [-0.05, 0) is 30.2 Å². The standard InChI is InChI=1S/C23H20N2O2/c1-16-20(23(24)26)21(17-9-4-2-5-10-17)22(18-11-6-3-7-12-18)25(16)15-19-13-8-14-27-19/h2-14H,15H2,1H3,(H2,24,26). The number of benzene rings is 2. The second kappa shape index (κ2) is 7.00. The van der Waals surface area contributed by atoms with Gasteiger partial charge in [-0.3, -0.25) is 4.79 Å². The molecular formula is C23H20N2O2. The summed E-state index contributed by atoms with van der Waals surface area (Å²) in [7, 11) is 0. The first-order chi connectivity index (χ1) is 13.2. The lowest BCUT2D eigenvalue weighted by molar-refractivity contribution is 0.1000. The minimum absolute atomic E-state index is 0.429. The van der Waals surface area contributed by atoms with Gasteiger partial charge in [0.1, 0.15) is 5.76 Å². The van der Waals surface area contributed by atoms with Crippen LogP contribution in [-0.4, -0.2) is 10.5 Å². The predicted molar refractivity (Wildman–Crippen MR) is 106 cm³/mol. The summed E-state index contributed by atoms with van der Waals surface area (Å²) in [5.41, 5.74) is 11.0. The van der Waals surface area contributed by atoms with E-state index in [-0.39, 0.29) is 0 Å². The summed E-state index contributed by atoms with van der Waals surface area (Å²) in [6, 6.07) is 23.8. The number of nitrogens with two attached hydrogens (primary N) is 1. The number of hydrogen-bond acceptors (Lipinski definition) is 2. The Morgan fingerprint density at radius 3 is 2.11 bits per heavy atom. The van der Waals surface area contributed by atoms with Crippen molar-refractivity contribution in [3.63, 3.8) is 0 Å². The van der Waals surface area contributed by atoms with Crippen molar-refractivity contribution in [2.45, 2.75) is 13.5 Å². The van der Waals surface area contributed by atoms with Gasteiger partial charge < -0.3 is 14.7 Å². The molecule has 4 heteroatoms. The van der Waals surface area contributed by atoms with Crippen molar-refractivity contribution in [2.24, 2.45) is 5.73 Å². The van der Waals surface area contributed by atoms with E-state index in [2.05, 4.69) is 4.57 Å². The van der Waals surface area contributed by atoms with Crippen LogP contribution in [0.5, 0.6) is 0 Å². The van der Waals surface area contributed by atoms with Gasteiger partial charge >= 0.3 is 0 Å². The van der Waals surface area contributed by atoms with Crippen LogP contribution in [0, 0.1) is 6.92 Å². The first kappa shape index (κ1) is 16.9. The van der Waals surface area contributed by atoms with Gasteiger partial charge in [-0.2, -0.15) is 0 Å². The second-order valence-electron chi connectivity index (χ2n) is 6.45. The van der Waals surface area contributed by atoms with Crippen molar-refractivity contribution in [3.8, 4) is 22.4 Å². The van der Waals surface area contributed by atoms with Crippen LogP contribution in [-0.2, 0) is 6.54 Å². The number of rotatable bonds is 5. The molecule has 27 heavy (non-hydrogen) atoms. The van der Waals surface area contributed by atoms with Crippen LogP contribution in [0.25, 0.3) is 22.4 Å². The second-order valence-corrected chi connectivity index (χ2v) is 6.45. The third kappa shape index (κ3) is 3.06. The smallest absolute Gasteiger partial charge is 0.251 e. The maximum atomic E-state index is 12.4. The van der Waals surface area contributed by atoms with Gasteiger partial charge in [0.25, 0.3) is 5.91 Å². The molecule has 0 bridgehead atoms. The first-order valence-electron chi connectivity index (χ1n) is 8.83. The zero-order valence-electron chi connectivity index (χ0n) is 15.1. The van der Waals surface area contributed by atoms with E-state index in [9.17, 15) is 4.79 Å². The lowest BCUT2D eigenvalue weighted by Crippen LogP contribution is -2.13. The summed E-state index contributed by atoms with van der Waals surface area (Å²) in [5, 5.41) is 0. The Morgan fingerprint density at radius 1 is 0.926 bits per heavy atom. The van der Waals surface area contributed by atoms with Gasteiger partial charge in [-0.15, -0.1) is 0 Å². The highest BCUT2D eigenvalue weighted by atomic mass is 16.3. The number of carbonyl (C=O) groups excluding carboxylic acids is 1. The molecule has 0 unspecified atom stereocenters. The zero-order chi connectivity index (χ0) is 18.8. The summed E-state index contributed by atoms with van der Waals surface area (Å²) in [5.74, 6) is 0.391. The Balaban J connectivity index is 2.05. The van der Waals surface area contributed by atoms with E-state index in [4.69, 9.17) is 10.2 Å². The average molecular weight is 356 g/mol. The summed E-state index contributed by atoms with van der Waals surface area (Å²) in [6.07, 6.45) is 1.66. The van der Waals surface area contributed by atoms with E-state index < -0.39 is 5.91 Å². The molecule has 4 aromatic rings. The molecule has 0 aliphatic heterocycles. The molecule has 2 aromatic carbocycles. The van der Waals surface area contributed by atoms with Gasteiger partial charge in [0.15, 0.2) is 0 Å². The van der Waals surface area contributed by atoms with Crippen molar-refractivity contribution in [3.05, 3.63) is 96.1 Å².